The minimum Gasteiger partial charge on any atom is -0.497 e. The SMILES string of the molecule is COc1ccc(N2C(=O)C=C(c3ccc(F)cc3)C2C=NO)cc1. The second kappa shape index (κ2) is 6.54. The van der Waals surface area contributed by atoms with Crippen LogP contribution in [-0.2, 0) is 4.79 Å². The molecule has 1 heterocycles. The van der Waals surface area contributed by atoms with Gasteiger partial charge in [-0.2, -0.15) is 0 Å². The van der Waals surface area contributed by atoms with Crippen molar-refractivity contribution < 1.29 is 19.1 Å². The number of hydrogen-bond acceptors (Lipinski definition) is 4. The Labute approximate surface area is 138 Å². The standard InChI is InChI=1S/C18H15FN2O3/c1-24-15-8-6-14(7-9-15)21-17(11-20-23)16(10-18(21)22)12-2-4-13(19)5-3-12/h2-11,17,23H,1H3. The van der Waals surface area contributed by atoms with E-state index in [1.165, 1.54) is 29.3 Å². The number of rotatable bonds is 4. The lowest BCUT2D eigenvalue weighted by molar-refractivity contribution is -0.113. The van der Waals surface area contributed by atoms with Gasteiger partial charge in [-0.15, -0.1) is 0 Å². The van der Waals surface area contributed by atoms with Crippen molar-refractivity contribution in [1.82, 2.24) is 0 Å². The van der Waals surface area contributed by atoms with E-state index in [9.17, 15) is 9.18 Å². The molecule has 1 aliphatic heterocycles. The molecular formula is C18H15FN2O3. The first-order chi connectivity index (χ1) is 11.6. The number of benzene rings is 2. The van der Waals surface area contributed by atoms with Crippen LogP contribution >= 0.6 is 0 Å². The zero-order valence-corrected chi connectivity index (χ0v) is 12.9. The Hall–Kier alpha value is -3.15. The Kier molecular flexibility index (Phi) is 4.29. The van der Waals surface area contributed by atoms with Crippen LogP contribution in [0.1, 0.15) is 5.56 Å². The fourth-order valence-electron chi connectivity index (χ4n) is 2.70. The molecule has 0 saturated carbocycles. The van der Waals surface area contributed by atoms with Crippen LogP contribution in [0.15, 0.2) is 59.8 Å². The maximum atomic E-state index is 13.1. The van der Waals surface area contributed by atoms with E-state index in [2.05, 4.69) is 5.16 Å². The maximum Gasteiger partial charge on any atom is 0.252 e. The van der Waals surface area contributed by atoms with E-state index in [0.29, 0.717) is 22.6 Å². The molecule has 2 aromatic rings. The number of nitrogens with zero attached hydrogens (tertiary/aromatic N) is 2. The molecule has 0 aliphatic carbocycles. The molecule has 24 heavy (non-hydrogen) atoms. The Morgan fingerprint density at radius 3 is 2.42 bits per heavy atom. The third-order valence-electron chi connectivity index (χ3n) is 3.85. The fraction of sp³-hybridized carbons (Fsp3) is 0.111. The maximum absolute atomic E-state index is 13.1. The molecule has 5 nitrogen and oxygen atoms in total. The molecule has 0 radical (unpaired) electrons. The lowest BCUT2D eigenvalue weighted by atomic mass is 10.0. The molecule has 1 aliphatic rings. The molecule has 0 aromatic heterocycles. The van der Waals surface area contributed by atoms with Gasteiger partial charge < -0.3 is 9.94 Å². The van der Waals surface area contributed by atoms with Crippen molar-refractivity contribution in [2.75, 3.05) is 12.0 Å². The average molecular weight is 326 g/mol. The van der Waals surface area contributed by atoms with Crippen LogP contribution < -0.4 is 9.64 Å². The molecule has 1 N–H and O–H groups in total. The molecule has 1 amide bonds. The van der Waals surface area contributed by atoms with Crippen LogP contribution in [0.3, 0.4) is 0 Å². The number of anilines is 1. The van der Waals surface area contributed by atoms with Gasteiger partial charge in [0.25, 0.3) is 5.91 Å². The molecule has 122 valence electrons. The molecule has 6 heteroatoms. The lowest BCUT2D eigenvalue weighted by Crippen LogP contribution is -2.36. The lowest BCUT2D eigenvalue weighted by Gasteiger charge is -2.24. The summed E-state index contributed by atoms with van der Waals surface area (Å²) in [5.74, 6) is 0.0666. The minimum atomic E-state index is -0.582. The Bertz CT molecular complexity index is 798. The number of carbonyl (C=O) groups excluding carboxylic acids is 1. The van der Waals surface area contributed by atoms with Gasteiger partial charge in [-0.3, -0.25) is 9.69 Å². The summed E-state index contributed by atoms with van der Waals surface area (Å²) < 4.78 is 18.2. The molecule has 1 atom stereocenters. The second-order valence-electron chi connectivity index (χ2n) is 5.22. The summed E-state index contributed by atoms with van der Waals surface area (Å²) in [7, 11) is 1.56. The third kappa shape index (κ3) is 2.86. The van der Waals surface area contributed by atoms with E-state index in [-0.39, 0.29) is 11.7 Å². The molecule has 0 saturated heterocycles. The van der Waals surface area contributed by atoms with Crippen molar-refractivity contribution in [3.05, 3.63) is 66.0 Å². The van der Waals surface area contributed by atoms with Crippen LogP contribution in [0.4, 0.5) is 10.1 Å². The quantitative estimate of drug-likeness (QED) is 0.533. The summed E-state index contributed by atoms with van der Waals surface area (Å²) in [6, 6.07) is 12.2. The van der Waals surface area contributed by atoms with Crippen molar-refractivity contribution in [3.63, 3.8) is 0 Å². The van der Waals surface area contributed by atoms with E-state index in [1.807, 2.05) is 0 Å². The summed E-state index contributed by atoms with van der Waals surface area (Å²) in [6.45, 7) is 0. The third-order valence-corrected chi connectivity index (χ3v) is 3.85. The smallest absolute Gasteiger partial charge is 0.252 e. The van der Waals surface area contributed by atoms with Gasteiger partial charge in [0.1, 0.15) is 17.6 Å². The van der Waals surface area contributed by atoms with Crippen LogP contribution in [-0.4, -0.2) is 30.5 Å². The summed E-state index contributed by atoms with van der Waals surface area (Å²) in [5.41, 5.74) is 1.96. The molecule has 1 unspecified atom stereocenters. The summed E-state index contributed by atoms with van der Waals surface area (Å²) >= 11 is 0. The number of oxime groups is 1. The van der Waals surface area contributed by atoms with Crippen LogP contribution in [0, 0.1) is 5.82 Å². The van der Waals surface area contributed by atoms with Gasteiger partial charge in [0.2, 0.25) is 0 Å². The monoisotopic (exact) mass is 326 g/mol. The number of ether oxygens (including phenoxy) is 1. The summed E-state index contributed by atoms with van der Waals surface area (Å²) in [6.07, 6.45) is 2.73. The van der Waals surface area contributed by atoms with E-state index >= 15 is 0 Å². The second-order valence-corrected chi connectivity index (χ2v) is 5.22. The average Bonchev–Trinajstić information content (AvgIpc) is 2.92. The predicted molar refractivity (Wildman–Crippen MR) is 88.9 cm³/mol. The van der Waals surface area contributed by atoms with Gasteiger partial charge in [0, 0.05) is 11.8 Å². The zero-order chi connectivity index (χ0) is 17.1. The van der Waals surface area contributed by atoms with Crippen molar-refractivity contribution >= 4 is 23.4 Å². The van der Waals surface area contributed by atoms with E-state index in [0.717, 1.165) is 0 Å². The topological polar surface area (TPSA) is 62.1 Å². The Morgan fingerprint density at radius 2 is 1.83 bits per heavy atom. The molecular weight excluding hydrogens is 311 g/mol. The zero-order valence-electron chi connectivity index (χ0n) is 12.9. The van der Waals surface area contributed by atoms with E-state index in [1.54, 1.807) is 43.5 Å². The minimum absolute atomic E-state index is 0.246. The molecule has 0 spiro atoms. The van der Waals surface area contributed by atoms with Gasteiger partial charge in [-0.05, 0) is 47.5 Å². The number of methoxy groups -OCH3 is 1. The van der Waals surface area contributed by atoms with Crippen LogP contribution in [0.5, 0.6) is 5.75 Å². The number of carbonyl (C=O) groups is 1. The molecule has 3 rings (SSSR count). The molecule has 0 bridgehead atoms. The van der Waals surface area contributed by atoms with Crippen molar-refractivity contribution in [2.24, 2.45) is 5.16 Å². The van der Waals surface area contributed by atoms with E-state index in [4.69, 9.17) is 9.94 Å². The normalized spacial score (nSPS) is 17.4. The first-order valence-corrected chi connectivity index (χ1v) is 7.26. The first kappa shape index (κ1) is 15.7. The van der Waals surface area contributed by atoms with Gasteiger partial charge in [-0.25, -0.2) is 4.39 Å². The van der Waals surface area contributed by atoms with Crippen molar-refractivity contribution in [1.29, 1.82) is 0 Å². The number of halogens is 1. The highest BCUT2D eigenvalue weighted by Gasteiger charge is 2.33. The van der Waals surface area contributed by atoms with Gasteiger partial charge in [0.05, 0.1) is 13.3 Å². The predicted octanol–water partition coefficient (Wildman–Crippen LogP) is 3.09. The van der Waals surface area contributed by atoms with Gasteiger partial charge in [-0.1, -0.05) is 17.3 Å². The highest BCUT2D eigenvalue weighted by molar-refractivity contribution is 6.17. The Balaban J connectivity index is 1.99. The number of hydrogen-bond donors (Lipinski definition) is 1. The summed E-state index contributed by atoms with van der Waals surface area (Å²) in [5, 5.41) is 12.1. The molecule has 2 aromatic carbocycles. The molecule has 0 fully saturated rings. The van der Waals surface area contributed by atoms with Gasteiger partial charge >= 0.3 is 0 Å². The highest BCUT2D eigenvalue weighted by Crippen LogP contribution is 2.32. The number of amides is 1. The van der Waals surface area contributed by atoms with Gasteiger partial charge in [0.15, 0.2) is 0 Å². The first-order valence-electron chi connectivity index (χ1n) is 7.26. The van der Waals surface area contributed by atoms with Crippen LogP contribution in [0.25, 0.3) is 5.57 Å². The van der Waals surface area contributed by atoms with Crippen molar-refractivity contribution in [3.8, 4) is 5.75 Å². The van der Waals surface area contributed by atoms with Crippen molar-refractivity contribution in [2.45, 2.75) is 6.04 Å². The van der Waals surface area contributed by atoms with E-state index < -0.39 is 6.04 Å². The fourth-order valence-corrected chi connectivity index (χ4v) is 2.70. The Morgan fingerprint density at radius 1 is 1.17 bits per heavy atom. The van der Waals surface area contributed by atoms with Crippen LogP contribution in [0.2, 0.25) is 0 Å². The largest absolute Gasteiger partial charge is 0.497 e. The highest BCUT2D eigenvalue weighted by atomic mass is 19.1. The summed E-state index contributed by atoms with van der Waals surface area (Å²) in [4.78, 5) is 14.0.